The third-order valence-corrected chi connectivity index (χ3v) is 2.07. The first-order chi connectivity index (χ1) is 6.20. The maximum Gasteiger partial charge on any atom is 0.169 e. The number of hydrogen-bond donors (Lipinski definition) is 0. The molecule has 0 unspecified atom stereocenters. The van der Waals surface area contributed by atoms with Gasteiger partial charge in [-0.2, -0.15) is 0 Å². The molecule has 4 nitrogen and oxygen atoms in total. The molecule has 0 saturated heterocycles. The number of aromatic nitrogens is 1. The number of hydrogen-bond acceptors (Lipinski definition) is 2. The van der Waals surface area contributed by atoms with E-state index < -0.39 is 5.03 Å². The van der Waals surface area contributed by atoms with E-state index in [1.54, 1.807) is 12.1 Å². The fourth-order valence-electron chi connectivity index (χ4n) is 1.46. The molecule has 0 saturated carbocycles. The summed E-state index contributed by atoms with van der Waals surface area (Å²) in [4.78, 5) is 10.6. The molecular weight excluding hydrogens is 168 g/mol. The molecular formula is C9H8N2O2. The summed E-state index contributed by atoms with van der Waals surface area (Å²) in [6.45, 7) is 1.86. The highest BCUT2D eigenvalue weighted by Crippen LogP contribution is 2.19. The molecule has 4 heteroatoms. The standard InChI is InChI=1S/C9H8N2O2/c1-7-6-10(11(12)13)9-5-3-2-4-8(7)9/h2-6H,1H3. The van der Waals surface area contributed by atoms with E-state index in [-0.39, 0.29) is 0 Å². The molecule has 2 aromatic rings. The van der Waals surface area contributed by atoms with E-state index in [0.717, 1.165) is 15.6 Å². The minimum absolute atomic E-state index is 0.421. The number of nitrogens with zero attached hydrogens (tertiary/aromatic N) is 2. The first-order valence-corrected chi connectivity index (χ1v) is 3.91. The Morgan fingerprint density at radius 2 is 2.08 bits per heavy atom. The van der Waals surface area contributed by atoms with Crippen molar-refractivity contribution in [3.8, 4) is 0 Å². The second-order valence-electron chi connectivity index (χ2n) is 2.91. The molecule has 0 atom stereocenters. The van der Waals surface area contributed by atoms with Gasteiger partial charge in [-0.25, -0.2) is 10.1 Å². The van der Waals surface area contributed by atoms with Gasteiger partial charge in [-0.05, 0) is 18.6 Å². The Bertz CT molecular complexity index is 473. The fourth-order valence-corrected chi connectivity index (χ4v) is 1.46. The van der Waals surface area contributed by atoms with Gasteiger partial charge in [0.1, 0.15) is 5.52 Å². The van der Waals surface area contributed by atoms with Crippen LogP contribution in [0.1, 0.15) is 5.56 Å². The Balaban J connectivity index is 2.85. The van der Waals surface area contributed by atoms with Gasteiger partial charge in [0, 0.05) is 5.39 Å². The zero-order valence-electron chi connectivity index (χ0n) is 7.10. The van der Waals surface area contributed by atoms with Crippen molar-refractivity contribution in [2.75, 3.05) is 0 Å². The normalized spacial score (nSPS) is 10.5. The van der Waals surface area contributed by atoms with Crippen LogP contribution >= 0.6 is 0 Å². The quantitative estimate of drug-likeness (QED) is 0.492. The van der Waals surface area contributed by atoms with Crippen molar-refractivity contribution in [3.63, 3.8) is 0 Å². The van der Waals surface area contributed by atoms with Gasteiger partial charge >= 0.3 is 0 Å². The van der Waals surface area contributed by atoms with Gasteiger partial charge in [-0.15, -0.1) is 0 Å². The highest BCUT2D eigenvalue weighted by atomic mass is 16.7. The highest BCUT2D eigenvalue weighted by Gasteiger charge is 2.10. The molecule has 0 aliphatic carbocycles. The number of fused-ring (bicyclic) bond motifs is 1. The van der Waals surface area contributed by atoms with E-state index in [9.17, 15) is 10.1 Å². The number of nitro groups is 1. The Hall–Kier alpha value is -1.84. The zero-order chi connectivity index (χ0) is 9.42. The van der Waals surface area contributed by atoms with E-state index in [2.05, 4.69) is 0 Å². The van der Waals surface area contributed by atoms with Crippen LogP contribution in [0.4, 0.5) is 0 Å². The van der Waals surface area contributed by atoms with Gasteiger partial charge < -0.3 is 0 Å². The minimum atomic E-state index is -0.421. The summed E-state index contributed by atoms with van der Waals surface area (Å²) in [5.41, 5.74) is 1.57. The van der Waals surface area contributed by atoms with Crippen LogP contribution < -0.4 is 0 Å². The Morgan fingerprint density at radius 1 is 1.38 bits per heavy atom. The number of rotatable bonds is 1. The molecule has 0 fully saturated rings. The monoisotopic (exact) mass is 176 g/mol. The summed E-state index contributed by atoms with van der Waals surface area (Å²) in [7, 11) is 0. The van der Waals surface area contributed by atoms with Gasteiger partial charge in [0.2, 0.25) is 0 Å². The summed E-state index contributed by atoms with van der Waals surface area (Å²) >= 11 is 0. The Morgan fingerprint density at radius 3 is 2.77 bits per heavy atom. The van der Waals surface area contributed by atoms with Crippen LogP contribution in [0.2, 0.25) is 0 Å². The molecule has 1 heterocycles. The van der Waals surface area contributed by atoms with Gasteiger partial charge in [-0.1, -0.05) is 22.9 Å². The number of para-hydroxylation sites is 1. The van der Waals surface area contributed by atoms with Gasteiger partial charge in [0.05, 0.1) is 6.20 Å². The molecule has 0 N–H and O–H groups in total. The van der Waals surface area contributed by atoms with Crippen LogP contribution in [0, 0.1) is 17.0 Å². The molecule has 0 radical (unpaired) electrons. The van der Waals surface area contributed by atoms with Crippen molar-refractivity contribution in [3.05, 3.63) is 46.1 Å². The van der Waals surface area contributed by atoms with Gasteiger partial charge in [0.15, 0.2) is 5.03 Å². The fraction of sp³-hybridized carbons (Fsp3) is 0.111. The lowest BCUT2D eigenvalue weighted by Gasteiger charge is -1.91. The second-order valence-corrected chi connectivity index (χ2v) is 2.91. The van der Waals surface area contributed by atoms with Crippen molar-refractivity contribution < 1.29 is 5.03 Å². The molecule has 0 bridgehead atoms. The van der Waals surface area contributed by atoms with Crippen LogP contribution in [0.25, 0.3) is 10.9 Å². The summed E-state index contributed by atoms with van der Waals surface area (Å²) in [6, 6.07) is 7.29. The lowest BCUT2D eigenvalue weighted by atomic mass is 10.2. The smallest absolute Gasteiger partial charge is 0.169 e. The summed E-state index contributed by atoms with van der Waals surface area (Å²) in [6.07, 6.45) is 1.53. The second kappa shape index (κ2) is 2.58. The molecule has 1 aromatic heterocycles. The van der Waals surface area contributed by atoms with Gasteiger partial charge in [-0.3, -0.25) is 0 Å². The molecule has 0 amide bonds. The topological polar surface area (TPSA) is 48.1 Å². The third kappa shape index (κ3) is 1.07. The molecule has 0 aliphatic rings. The highest BCUT2D eigenvalue weighted by molar-refractivity contribution is 5.83. The number of benzene rings is 1. The largest absolute Gasteiger partial charge is 0.234 e. The average Bonchev–Trinajstić information content (AvgIpc) is 2.45. The predicted octanol–water partition coefficient (Wildman–Crippen LogP) is 1.99. The molecule has 0 spiro atoms. The van der Waals surface area contributed by atoms with Crippen molar-refractivity contribution in [1.82, 2.24) is 4.68 Å². The summed E-state index contributed by atoms with van der Waals surface area (Å²) in [5.74, 6) is 0. The van der Waals surface area contributed by atoms with Crippen molar-refractivity contribution >= 4 is 10.9 Å². The molecule has 66 valence electrons. The van der Waals surface area contributed by atoms with Crippen molar-refractivity contribution in [1.29, 1.82) is 0 Å². The average molecular weight is 176 g/mol. The third-order valence-electron chi connectivity index (χ3n) is 2.07. The SMILES string of the molecule is Cc1cn([N+](=O)[O-])c2ccccc12. The van der Waals surface area contributed by atoms with Crippen LogP contribution in [0.3, 0.4) is 0 Å². The first kappa shape index (κ1) is 7.79. The minimum Gasteiger partial charge on any atom is -0.234 e. The lowest BCUT2D eigenvalue weighted by molar-refractivity contribution is -0.537. The maximum atomic E-state index is 10.6. The van der Waals surface area contributed by atoms with Gasteiger partial charge in [0.25, 0.3) is 0 Å². The predicted molar refractivity (Wildman–Crippen MR) is 49.1 cm³/mol. The van der Waals surface area contributed by atoms with E-state index in [1.807, 2.05) is 19.1 Å². The van der Waals surface area contributed by atoms with E-state index >= 15 is 0 Å². The number of aryl methyl sites for hydroxylation is 1. The van der Waals surface area contributed by atoms with Crippen molar-refractivity contribution in [2.45, 2.75) is 6.92 Å². The van der Waals surface area contributed by atoms with Crippen molar-refractivity contribution in [2.24, 2.45) is 0 Å². The van der Waals surface area contributed by atoms with E-state index in [4.69, 9.17) is 0 Å². The zero-order valence-corrected chi connectivity index (χ0v) is 7.10. The Kier molecular flexibility index (Phi) is 1.55. The molecule has 1 aromatic carbocycles. The van der Waals surface area contributed by atoms with Crippen LogP contribution in [-0.2, 0) is 0 Å². The molecule has 2 rings (SSSR count). The summed E-state index contributed by atoms with van der Waals surface area (Å²) < 4.78 is 1.05. The first-order valence-electron chi connectivity index (χ1n) is 3.91. The van der Waals surface area contributed by atoms with E-state index in [1.165, 1.54) is 6.20 Å². The van der Waals surface area contributed by atoms with Crippen LogP contribution in [-0.4, -0.2) is 9.71 Å². The van der Waals surface area contributed by atoms with Crippen LogP contribution in [0.5, 0.6) is 0 Å². The summed E-state index contributed by atoms with van der Waals surface area (Å²) in [5, 5.41) is 11.1. The molecule has 0 aliphatic heterocycles. The lowest BCUT2D eigenvalue weighted by Crippen LogP contribution is -2.05. The maximum absolute atomic E-state index is 10.6. The van der Waals surface area contributed by atoms with Crippen LogP contribution in [0.15, 0.2) is 30.5 Å². The van der Waals surface area contributed by atoms with E-state index in [0.29, 0.717) is 5.52 Å². The Labute approximate surface area is 74.5 Å². The molecule has 13 heavy (non-hydrogen) atoms.